The molecule has 1 aliphatic carbocycles. The monoisotopic (exact) mass is 800 g/mol. The SMILES string of the molecule is CC/C=C/C(CN1CCN2C(=O)[C@@H](C)OCC2C1)C1CCC1CN1CC(c2ccc(Cl)cc2CCC)COc2ccc(C=O)cc21.CNS(=O)C(C)C.CO. The summed E-state index contributed by atoms with van der Waals surface area (Å²) >= 11 is 6.44. The number of benzene rings is 2. The molecule has 1 amide bonds. The number of rotatable bonds is 13. The molecular formula is C43H65ClN4O6S. The Bertz CT molecular complexity index is 1590. The summed E-state index contributed by atoms with van der Waals surface area (Å²) in [5, 5.41) is 8.00. The number of aliphatic hydroxyl groups excluding tert-OH is 1. The fourth-order valence-electron chi connectivity index (χ4n) is 8.33. The van der Waals surface area contributed by atoms with Crippen molar-refractivity contribution in [3.63, 3.8) is 0 Å². The molecule has 3 aliphatic heterocycles. The van der Waals surface area contributed by atoms with Crippen LogP contribution in [0.2, 0.25) is 5.02 Å². The Hall–Kier alpha value is -2.80. The number of aryl methyl sites for hydroxylation is 1. The molecule has 12 heteroatoms. The number of carbonyl (C=O) groups excluding carboxylic acids is 2. The van der Waals surface area contributed by atoms with E-state index < -0.39 is 11.0 Å². The Labute approximate surface area is 337 Å². The van der Waals surface area contributed by atoms with E-state index in [1.165, 1.54) is 24.0 Å². The quantitative estimate of drug-likeness (QED) is 0.174. The highest BCUT2D eigenvalue weighted by molar-refractivity contribution is 7.83. The second kappa shape index (κ2) is 22.2. The topological polar surface area (TPSA) is 112 Å². The molecule has 0 radical (unpaired) electrons. The molecule has 10 nitrogen and oxygen atoms in total. The Morgan fingerprint density at radius 1 is 1.07 bits per heavy atom. The van der Waals surface area contributed by atoms with Crippen LogP contribution in [0.5, 0.6) is 5.75 Å². The maximum Gasteiger partial charge on any atom is 0.251 e. The minimum atomic E-state index is -0.829. The van der Waals surface area contributed by atoms with Gasteiger partial charge in [0.25, 0.3) is 5.91 Å². The van der Waals surface area contributed by atoms with E-state index in [9.17, 15) is 13.8 Å². The summed E-state index contributed by atoms with van der Waals surface area (Å²) < 4.78 is 25.4. The number of anilines is 1. The van der Waals surface area contributed by atoms with Gasteiger partial charge in [-0.05, 0) is 113 Å². The van der Waals surface area contributed by atoms with Gasteiger partial charge < -0.3 is 24.4 Å². The van der Waals surface area contributed by atoms with Crippen LogP contribution in [0.15, 0.2) is 48.6 Å². The largest absolute Gasteiger partial charge is 0.491 e. The molecule has 3 fully saturated rings. The number of aldehydes is 1. The first-order valence-corrected chi connectivity index (χ1v) is 21.7. The normalized spacial score (nSPS) is 24.9. The average Bonchev–Trinajstić information content (AvgIpc) is 3.36. The molecule has 306 valence electrons. The summed E-state index contributed by atoms with van der Waals surface area (Å²) in [5.74, 6) is 2.76. The standard InChI is InChI=1S/C38H50ClN3O4.C4H11NOS.CH4O/c1-4-6-8-29(19-40-15-16-42-33(22-40)25-45-26(3)38(42)44)35-12-10-30(35)20-41-21-31(34-13-11-32(39)18-28(34)7-5-2)24-46-37-14-9-27(23-43)17-36(37)41;1-4(2)7(6)5-3;1-2/h6,8-9,11,13-14,17-18,23,26,29-31,33,35H,4-5,7,10,12,15-16,19-22,24-25H2,1-3H3;4-5H,1-3H3;2H,1H3/b8-6+;;/t26-,29?,30?,31?,33?,35?;;/m1../s1. The predicted molar refractivity (Wildman–Crippen MR) is 225 cm³/mol. The van der Waals surface area contributed by atoms with Crippen molar-refractivity contribution >= 4 is 40.5 Å². The number of hydrogen-bond acceptors (Lipinski definition) is 8. The number of carbonyl (C=O) groups is 2. The molecule has 0 spiro atoms. The van der Waals surface area contributed by atoms with E-state index in [2.05, 4.69) is 52.7 Å². The molecule has 4 aliphatic rings. The predicted octanol–water partition coefficient (Wildman–Crippen LogP) is 6.51. The van der Waals surface area contributed by atoms with E-state index in [0.717, 1.165) is 88.4 Å². The maximum absolute atomic E-state index is 12.7. The third-order valence-electron chi connectivity index (χ3n) is 11.3. The molecule has 0 bridgehead atoms. The molecule has 2 saturated heterocycles. The number of fused-ring (bicyclic) bond motifs is 2. The van der Waals surface area contributed by atoms with Gasteiger partial charge in [-0.2, -0.15) is 0 Å². The number of morpholine rings is 1. The molecule has 2 N–H and O–H groups in total. The van der Waals surface area contributed by atoms with Gasteiger partial charge in [0, 0.05) is 68.1 Å². The van der Waals surface area contributed by atoms with Gasteiger partial charge in [-0.25, -0.2) is 8.93 Å². The van der Waals surface area contributed by atoms with Crippen molar-refractivity contribution in [1.29, 1.82) is 0 Å². The van der Waals surface area contributed by atoms with Crippen LogP contribution in [0.4, 0.5) is 5.69 Å². The Morgan fingerprint density at radius 2 is 1.85 bits per heavy atom. The summed E-state index contributed by atoms with van der Waals surface area (Å²) in [7, 11) is 1.86. The van der Waals surface area contributed by atoms with Crippen molar-refractivity contribution in [3.05, 3.63) is 70.3 Å². The third kappa shape index (κ3) is 11.9. The summed E-state index contributed by atoms with van der Waals surface area (Å²) in [5.41, 5.74) is 4.31. The highest BCUT2D eigenvalue weighted by atomic mass is 35.5. The Balaban J connectivity index is 0.000000674. The molecule has 6 unspecified atom stereocenters. The van der Waals surface area contributed by atoms with Gasteiger partial charge in [0.05, 0.1) is 35.9 Å². The molecule has 3 heterocycles. The van der Waals surface area contributed by atoms with Gasteiger partial charge in [0.2, 0.25) is 0 Å². The van der Waals surface area contributed by atoms with Gasteiger partial charge in [-0.1, -0.05) is 50.1 Å². The number of ether oxygens (including phenoxy) is 2. The number of amides is 1. The first-order valence-electron chi connectivity index (χ1n) is 20.2. The minimum absolute atomic E-state index is 0.135. The molecule has 6 rings (SSSR count). The average molecular weight is 802 g/mol. The first-order chi connectivity index (χ1) is 26.6. The lowest BCUT2D eigenvalue weighted by Crippen LogP contribution is -2.62. The van der Waals surface area contributed by atoms with Gasteiger partial charge >= 0.3 is 0 Å². The van der Waals surface area contributed by atoms with E-state index in [4.69, 9.17) is 26.2 Å². The van der Waals surface area contributed by atoms with Crippen LogP contribution >= 0.6 is 11.6 Å². The highest BCUT2D eigenvalue weighted by Gasteiger charge is 2.41. The van der Waals surface area contributed by atoms with E-state index in [1.54, 1.807) is 7.05 Å². The maximum atomic E-state index is 12.7. The van der Waals surface area contributed by atoms with Crippen LogP contribution in [0.3, 0.4) is 0 Å². The van der Waals surface area contributed by atoms with Crippen LogP contribution in [0.25, 0.3) is 0 Å². The molecule has 0 aromatic heterocycles. The third-order valence-corrected chi connectivity index (χ3v) is 12.8. The number of aliphatic hydroxyl groups is 1. The van der Waals surface area contributed by atoms with Crippen LogP contribution in [0.1, 0.15) is 87.7 Å². The van der Waals surface area contributed by atoms with Crippen LogP contribution in [0, 0.1) is 17.8 Å². The van der Waals surface area contributed by atoms with Gasteiger partial charge in [0.1, 0.15) is 18.1 Å². The lowest BCUT2D eigenvalue weighted by Gasteiger charge is -2.48. The summed E-state index contributed by atoms with van der Waals surface area (Å²) in [6, 6.07) is 12.3. The molecule has 7 atom stereocenters. The zero-order valence-corrected chi connectivity index (χ0v) is 35.6. The van der Waals surface area contributed by atoms with Gasteiger partial charge in [-0.15, -0.1) is 0 Å². The number of nitrogens with one attached hydrogen (secondary N) is 1. The zero-order chi connectivity index (χ0) is 40.1. The number of nitrogens with zero attached hydrogens (tertiary/aromatic N) is 3. The van der Waals surface area contributed by atoms with E-state index in [0.29, 0.717) is 36.5 Å². The van der Waals surface area contributed by atoms with Gasteiger partial charge in [-0.3, -0.25) is 14.5 Å². The molecule has 55 heavy (non-hydrogen) atoms. The smallest absolute Gasteiger partial charge is 0.251 e. The number of allylic oxidation sites excluding steroid dienone is 1. The highest BCUT2D eigenvalue weighted by Crippen LogP contribution is 2.44. The first kappa shape index (κ1) is 44.9. The van der Waals surface area contributed by atoms with E-state index in [1.807, 2.05) is 49.9 Å². The number of hydrogen-bond donors (Lipinski definition) is 2. The Morgan fingerprint density at radius 3 is 2.49 bits per heavy atom. The second-order valence-electron chi connectivity index (χ2n) is 15.3. The fraction of sp³-hybridized carbons (Fsp3) is 0.628. The Kier molecular flexibility index (Phi) is 18.1. The fourth-order valence-corrected chi connectivity index (χ4v) is 9.00. The number of piperazine rings is 1. The van der Waals surface area contributed by atoms with Crippen LogP contribution in [-0.2, 0) is 26.9 Å². The van der Waals surface area contributed by atoms with Crippen molar-refractivity contribution in [2.75, 3.05) is 71.5 Å². The molecule has 1 saturated carbocycles. The van der Waals surface area contributed by atoms with Crippen LogP contribution in [-0.4, -0.2) is 115 Å². The lowest BCUT2D eigenvalue weighted by atomic mass is 9.66. The molecular weight excluding hydrogens is 736 g/mol. The van der Waals surface area contributed by atoms with Gasteiger partial charge in [0.15, 0.2) is 0 Å². The van der Waals surface area contributed by atoms with E-state index in [-0.39, 0.29) is 29.2 Å². The summed E-state index contributed by atoms with van der Waals surface area (Å²) in [6.45, 7) is 16.7. The van der Waals surface area contributed by atoms with Crippen molar-refractivity contribution in [2.45, 2.75) is 90.0 Å². The van der Waals surface area contributed by atoms with Crippen molar-refractivity contribution in [2.24, 2.45) is 17.8 Å². The van der Waals surface area contributed by atoms with Crippen molar-refractivity contribution < 1.29 is 28.4 Å². The summed E-state index contributed by atoms with van der Waals surface area (Å²) in [4.78, 5) is 31.7. The van der Waals surface area contributed by atoms with E-state index >= 15 is 0 Å². The zero-order valence-electron chi connectivity index (χ0n) is 34.0. The minimum Gasteiger partial charge on any atom is -0.491 e. The molecule has 2 aromatic rings. The number of halogens is 1. The van der Waals surface area contributed by atoms with Crippen molar-refractivity contribution in [1.82, 2.24) is 14.5 Å². The van der Waals surface area contributed by atoms with Crippen molar-refractivity contribution in [3.8, 4) is 5.75 Å². The molecule has 2 aromatic carbocycles. The lowest BCUT2D eigenvalue weighted by molar-refractivity contribution is -0.162. The second-order valence-corrected chi connectivity index (χ2v) is 17.7. The summed E-state index contributed by atoms with van der Waals surface area (Å²) in [6.07, 6.45) is 10.9. The van der Waals surface area contributed by atoms with Crippen LogP contribution < -0.4 is 14.4 Å².